The molecule has 186 valence electrons. The highest BCUT2D eigenvalue weighted by Gasteiger charge is 2.48. The topological polar surface area (TPSA) is 156 Å². The molecule has 4 aromatic heterocycles. The average molecular weight is 498 g/mol. The molecule has 1 atom stereocenters. The van der Waals surface area contributed by atoms with Crippen LogP contribution >= 0.6 is 0 Å². The van der Waals surface area contributed by atoms with Gasteiger partial charge in [-0.25, -0.2) is 33.5 Å². The minimum absolute atomic E-state index is 0.113. The van der Waals surface area contributed by atoms with Gasteiger partial charge < -0.3 is 19.7 Å². The number of amides is 2. The van der Waals surface area contributed by atoms with Gasteiger partial charge in [-0.1, -0.05) is 0 Å². The van der Waals surface area contributed by atoms with Crippen LogP contribution in [-0.2, 0) is 4.79 Å². The van der Waals surface area contributed by atoms with E-state index in [9.17, 15) is 23.5 Å². The quantitative estimate of drug-likeness (QED) is 0.382. The minimum atomic E-state index is -3.22. The summed E-state index contributed by atoms with van der Waals surface area (Å²) in [6.45, 7) is 0.528. The summed E-state index contributed by atoms with van der Waals surface area (Å²) in [6.07, 6.45) is 4.35. The molecule has 0 saturated carbocycles. The van der Waals surface area contributed by atoms with E-state index in [4.69, 9.17) is 10.2 Å². The van der Waals surface area contributed by atoms with Gasteiger partial charge in [-0.2, -0.15) is 0 Å². The van der Waals surface area contributed by atoms with Crippen molar-refractivity contribution in [3.8, 4) is 22.8 Å². The van der Waals surface area contributed by atoms with Crippen molar-refractivity contribution in [3.63, 3.8) is 0 Å². The largest absolute Gasteiger partial charge is 0.465 e. The smallest absolute Gasteiger partial charge is 0.407 e. The summed E-state index contributed by atoms with van der Waals surface area (Å²) in [7, 11) is 0. The molecule has 1 fully saturated rings. The van der Waals surface area contributed by atoms with Gasteiger partial charge in [-0.05, 0) is 19.1 Å². The molecule has 0 radical (unpaired) electrons. The second-order valence-electron chi connectivity index (χ2n) is 8.39. The number of hydrogen-bond donors (Lipinski definition) is 2. The Hall–Kier alpha value is -4.62. The predicted octanol–water partition coefficient (Wildman–Crippen LogP) is 2.69. The van der Waals surface area contributed by atoms with E-state index in [0.29, 0.717) is 22.5 Å². The summed E-state index contributed by atoms with van der Waals surface area (Å²) in [5.74, 6) is -3.39. The van der Waals surface area contributed by atoms with Crippen LogP contribution < -0.4 is 10.6 Å². The Kier molecular flexibility index (Phi) is 5.50. The summed E-state index contributed by atoms with van der Waals surface area (Å²) in [5.41, 5.74) is 8.71. The standard InChI is InChI=1S/C22H20F2N8O4/c1-12-7-27-15-3-2-13(8-31(12)15)16-17(20-26-4-5-36-20)28-18(25)19(29-16)30(11-33)9-14-6-22(23,24)10-32(14)21(34)35/h2-5,7-8,11,14H,6,9-10H2,1H3,(H2,25,28)(H,34,35)/t14-/m1/s1. The van der Waals surface area contributed by atoms with E-state index in [0.717, 1.165) is 10.6 Å². The van der Waals surface area contributed by atoms with E-state index >= 15 is 0 Å². The lowest BCUT2D eigenvalue weighted by atomic mass is 10.1. The number of pyridine rings is 1. The van der Waals surface area contributed by atoms with Gasteiger partial charge in [0.25, 0.3) is 5.92 Å². The van der Waals surface area contributed by atoms with Crippen LogP contribution in [0.2, 0.25) is 0 Å². The van der Waals surface area contributed by atoms with Gasteiger partial charge >= 0.3 is 6.09 Å². The van der Waals surface area contributed by atoms with Gasteiger partial charge in [0.05, 0.1) is 18.8 Å². The third-order valence-corrected chi connectivity index (χ3v) is 5.93. The number of rotatable bonds is 6. The lowest BCUT2D eigenvalue weighted by Crippen LogP contribution is -2.43. The molecule has 2 amide bonds. The first-order chi connectivity index (χ1) is 17.2. The maximum absolute atomic E-state index is 14.0. The number of carbonyl (C=O) groups excluding carboxylic acids is 1. The van der Waals surface area contributed by atoms with Gasteiger partial charge in [-0.3, -0.25) is 14.6 Å². The average Bonchev–Trinajstić information content (AvgIpc) is 3.57. The molecule has 1 saturated heterocycles. The molecule has 0 aliphatic carbocycles. The SMILES string of the molecule is Cc1cnc2ccc(-c3nc(N(C=O)C[C@H]4CC(F)(F)CN4C(=O)O)c(N)nc3-c3ncco3)cn12. The first kappa shape index (κ1) is 23.1. The second kappa shape index (κ2) is 8.55. The maximum Gasteiger partial charge on any atom is 0.407 e. The number of nitrogens with two attached hydrogens (primary N) is 1. The predicted molar refractivity (Wildman–Crippen MR) is 122 cm³/mol. The number of hydrogen-bond acceptors (Lipinski definition) is 8. The van der Waals surface area contributed by atoms with Crippen LogP contribution in [0.3, 0.4) is 0 Å². The zero-order chi connectivity index (χ0) is 25.6. The molecule has 12 nitrogen and oxygen atoms in total. The van der Waals surface area contributed by atoms with Crippen molar-refractivity contribution in [3.05, 3.63) is 42.7 Å². The van der Waals surface area contributed by atoms with Crippen molar-refractivity contribution in [2.45, 2.75) is 25.3 Å². The molecule has 0 aromatic carbocycles. The van der Waals surface area contributed by atoms with Crippen LogP contribution in [-0.4, -0.2) is 71.9 Å². The fourth-order valence-electron chi connectivity index (χ4n) is 4.28. The first-order valence-electron chi connectivity index (χ1n) is 10.8. The van der Waals surface area contributed by atoms with Gasteiger partial charge in [-0.15, -0.1) is 0 Å². The number of carboxylic acid groups (broad SMARTS) is 1. The monoisotopic (exact) mass is 498 g/mol. The minimum Gasteiger partial charge on any atom is -0.465 e. The van der Waals surface area contributed by atoms with Crippen molar-refractivity contribution in [2.24, 2.45) is 0 Å². The van der Waals surface area contributed by atoms with E-state index in [1.165, 1.54) is 12.5 Å². The van der Waals surface area contributed by atoms with Crippen LogP contribution in [0.15, 0.2) is 41.4 Å². The van der Waals surface area contributed by atoms with Crippen molar-refractivity contribution >= 4 is 29.8 Å². The number of imidazole rings is 1. The summed E-state index contributed by atoms with van der Waals surface area (Å²) in [4.78, 5) is 42.5. The number of aromatic nitrogens is 5. The summed E-state index contributed by atoms with van der Waals surface area (Å²) in [5, 5.41) is 9.36. The van der Waals surface area contributed by atoms with E-state index in [1.54, 1.807) is 24.5 Å². The molecular formula is C22H20F2N8O4. The normalized spacial score (nSPS) is 17.0. The number of oxazole rings is 1. The van der Waals surface area contributed by atoms with Gasteiger partial charge in [0.2, 0.25) is 12.3 Å². The number of fused-ring (bicyclic) bond motifs is 1. The molecule has 1 aliphatic rings. The van der Waals surface area contributed by atoms with E-state index in [-0.39, 0.29) is 35.5 Å². The zero-order valence-electron chi connectivity index (χ0n) is 18.9. The maximum atomic E-state index is 14.0. The Morgan fingerprint density at radius 3 is 2.83 bits per heavy atom. The van der Waals surface area contributed by atoms with Gasteiger partial charge in [0.1, 0.15) is 17.6 Å². The van der Waals surface area contributed by atoms with E-state index in [1.807, 2.05) is 11.3 Å². The third-order valence-electron chi connectivity index (χ3n) is 5.93. The number of halogens is 2. The van der Waals surface area contributed by atoms with E-state index < -0.39 is 31.0 Å². The molecule has 5 heterocycles. The van der Waals surface area contributed by atoms with Crippen molar-refractivity contribution in [2.75, 3.05) is 23.7 Å². The Bertz CT molecular complexity index is 1460. The number of likely N-dealkylation sites (tertiary alicyclic amines) is 1. The van der Waals surface area contributed by atoms with Crippen molar-refractivity contribution < 1.29 is 27.9 Å². The second-order valence-corrected chi connectivity index (χ2v) is 8.39. The Labute approximate surface area is 202 Å². The molecule has 4 aromatic rings. The Balaban J connectivity index is 1.60. The van der Waals surface area contributed by atoms with Crippen LogP contribution in [0, 0.1) is 6.92 Å². The first-order valence-corrected chi connectivity index (χ1v) is 10.8. The molecule has 14 heteroatoms. The molecule has 36 heavy (non-hydrogen) atoms. The number of aryl methyl sites for hydroxylation is 1. The van der Waals surface area contributed by atoms with Crippen molar-refractivity contribution in [1.82, 2.24) is 29.2 Å². The van der Waals surface area contributed by atoms with Crippen LogP contribution in [0.4, 0.5) is 25.2 Å². The zero-order valence-corrected chi connectivity index (χ0v) is 18.9. The van der Waals surface area contributed by atoms with Crippen molar-refractivity contribution in [1.29, 1.82) is 0 Å². The van der Waals surface area contributed by atoms with Crippen LogP contribution in [0.1, 0.15) is 12.1 Å². The number of alkyl halides is 2. The number of nitrogens with zero attached hydrogens (tertiary/aromatic N) is 7. The fourth-order valence-corrected chi connectivity index (χ4v) is 4.28. The summed E-state index contributed by atoms with van der Waals surface area (Å²) >= 11 is 0. The number of anilines is 2. The van der Waals surface area contributed by atoms with Gasteiger partial charge in [0, 0.05) is 36.6 Å². The molecule has 0 bridgehead atoms. The van der Waals surface area contributed by atoms with Gasteiger partial charge in [0.15, 0.2) is 17.3 Å². The molecule has 1 aliphatic heterocycles. The highest BCUT2D eigenvalue weighted by atomic mass is 19.3. The van der Waals surface area contributed by atoms with Crippen LogP contribution in [0.25, 0.3) is 28.5 Å². The number of nitrogen functional groups attached to an aromatic ring is 1. The molecule has 3 N–H and O–H groups in total. The highest BCUT2D eigenvalue weighted by Crippen LogP contribution is 2.35. The molecule has 0 unspecified atom stereocenters. The Morgan fingerprint density at radius 1 is 1.33 bits per heavy atom. The molecule has 0 spiro atoms. The Morgan fingerprint density at radius 2 is 2.14 bits per heavy atom. The lowest BCUT2D eigenvalue weighted by molar-refractivity contribution is -0.107. The highest BCUT2D eigenvalue weighted by molar-refractivity contribution is 5.84. The summed E-state index contributed by atoms with van der Waals surface area (Å²) < 4.78 is 35.2. The van der Waals surface area contributed by atoms with E-state index in [2.05, 4.69) is 19.9 Å². The molecule has 5 rings (SSSR count). The molecular weight excluding hydrogens is 478 g/mol. The van der Waals surface area contributed by atoms with Crippen LogP contribution in [0.5, 0.6) is 0 Å². The number of carbonyl (C=O) groups is 2. The lowest BCUT2D eigenvalue weighted by Gasteiger charge is -2.26. The summed E-state index contributed by atoms with van der Waals surface area (Å²) in [6, 6.07) is 2.35. The third kappa shape index (κ3) is 4.06. The fraction of sp³-hybridized carbons (Fsp3) is 0.273.